The van der Waals surface area contributed by atoms with Crippen LogP contribution in [-0.4, -0.2) is 50.6 Å². The number of hydrogen-bond acceptors (Lipinski definition) is 7. The Labute approximate surface area is 158 Å². The van der Waals surface area contributed by atoms with E-state index in [4.69, 9.17) is 19.9 Å². The zero-order chi connectivity index (χ0) is 20.6. The molecule has 0 saturated carbocycles. The summed E-state index contributed by atoms with van der Waals surface area (Å²) in [5.41, 5.74) is 3.84. The van der Waals surface area contributed by atoms with Crippen LogP contribution in [0.15, 0.2) is 11.0 Å². The van der Waals surface area contributed by atoms with Crippen LogP contribution in [-0.2, 0) is 14.2 Å². The first-order valence-electron chi connectivity index (χ1n) is 8.86. The minimum absolute atomic E-state index is 0.249. The fourth-order valence-electron chi connectivity index (χ4n) is 2.78. The van der Waals surface area contributed by atoms with E-state index < -0.39 is 29.6 Å². The highest BCUT2D eigenvalue weighted by Gasteiger charge is 2.40. The summed E-state index contributed by atoms with van der Waals surface area (Å²) < 4.78 is 19.1. The second-order valence-corrected chi connectivity index (χ2v) is 8.59. The molecule has 1 fully saturated rings. The van der Waals surface area contributed by atoms with E-state index in [9.17, 15) is 14.7 Å². The Morgan fingerprint density at radius 3 is 2.48 bits per heavy atom. The smallest absolute Gasteiger partial charge is 0.351 e. The number of nitrogens with zero attached hydrogens (tertiary/aromatic N) is 2. The molecule has 2 rings (SSSR count). The van der Waals surface area contributed by atoms with E-state index in [-0.39, 0.29) is 29.7 Å². The molecule has 1 saturated heterocycles. The lowest BCUT2D eigenvalue weighted by atomic mass is 10.1. The summed E-state index contributed by atoms with van der Waals surface area (Å²) in [6, 6.07) is 0. The van der Waals surface area contributed by atoms with Gasteiger partial charge in [-0.25, -0.2) is 9.59 Å². The van der Waals surface area contributed by atoms with Gasteiger partial charge in [-0.1, -0.05) is 0 Å². The quantitative estimate of drug-likeness (QED) is 0.788. The van der Waals surface area contributed by atoms with Crippen LogP contribution in [0.25, 0.3) is 0 Å². The SMILES string of the molecule is CC(C)(C)OC[C@H]1O[C@@H](n2cc(C(=O)O)c(N)nc2=O)CC1OC(C)(C)C. The molecule has 0 aliphatic carbocycles. The van der Waals surface area contributed by atoms with Crippen molar-refractivity contribution in [3.05, 3.63) is 22.2 Å². The first-order chi connectivity index (χ1) is 12.3. The Bertz CT molecular complexity index is 747. The van der Waals surface area contributed by atoms with Gasteiger partial charge in [-0.2, -0.15) is 4.98 Å². The largest absolute Gasteiger partial charge is 0.478 e. The average molecular weight is 383 g/mol. The summed E-state index contributed by atoms with van der Waals surface area (Å²) >= 11 is 0. The Morgan fingerprint density at radius 1 is 1.33 bits per heavy atom. The molecule has 9 nitrogen and oxygen atoms in total. The van der Waals surface area contributed by atoms with Crippen LogP contribution in [0, 0.1) is 0 Å². The van der Waals surface area contributed by atoms with Crippen molar-refractivity contribution in [3.63, 3.8) is 0 Å². The molecule has 0 spiro atoms. The standard InChI is InChI=1S/C18H29N3O6/c1-17(2,3)25-9-12-11(27-18(4,5)6)7-13(26-12)21-8-10(15(22)23)14(19)20-16(21)24/h8,11-13H,7,9H2,1-6H3,(H,22,23)(H2,19,20,24)/t11?,12-,13-/m1/s1. The van der Waals surface area contributed by atoms with Crippen molar-refractivity contribution in [1.82, 2.24) is 9.55 Å². The molecule has 0 aromatic carbocycles. The van der Waals surface area contributed by atoms with Gasteiger partial charge in [0.2, 0.25) is 0 Å². The highest BCUT2D eigenvalue weighted by Crippen LogP contribution is 2.33. The van der Waals surface area contributed by atoms with E-state index in [1.165, 1.54) is 6.20 Å². The molecule has 1 aromatic heterocycles. The Hall–Kier alpha value is -1.97. The number of aromatic nitrogens is 2. The first-order valence-corrected chi connectivity index (χ1v) is 8.86. The number of carbonyl (C=O) groups is 1. The van der Waals surface area contributed by atoms with Crippen molar-refractivity contribution in [2.24, 2.45) is 0 Å². The van der Waals surface area contributed by atoms with Gasteiger partial charge in [0.05, 0.1) is 23.9 Å². The second kappa shape index (κ2) is 7.57. The second-order valence-electron chi connectivity index (χ2n) is 8.59. The third kappa shape index (κ3) is 5.75. The number of carboxylic acids is 1. The molecule has 1 unspecified atom stereocenters. The molecule has 1 aliphatic heterocycles. The molecule has 152 valence electrons. The van der Waals surface area contributed by atoms with E-state index in [1.54, 1.807) is 0 Å². The van der Waals surface area contributed by atoms with Crippen LogP contribution in [0.5, 0.6) is 0 Å². The predicted molar refractivity (Wildman–Crippen MR) is 98.7 cm³/mol. The summed E-state index contributed by atoms with van der Waals surface area (Å²) in [5, 5.41) is 9.23. The number of ether oxygens (including phenoxy) is 3. The maximum Gasteiger partial charge on any atom is 0.351 e. The van der Waals surface area contributed by atoms with Gasteiger partial charge in [0.15, 0.2) is 0 Å². The summed E-state index contributed by atoms with van der Waals surface area (Å²) in [4.78, 5) is 27.2. The molecule has 1 aliphatic rings. The Balaban J connectivity index is 2.29. The van der Waals surface area contributed by atoms with Gasteiger partial charge in [0.25, 0.3) is 0 Å². The number of aromatic carboxylic acids is 1. The summed E-state index contributed by atoms with van der Waals surface area (Å²) in [6.45, 7) is 11.9. The molecular formula is C18H29N3O6. The van der Waals surface area contributed by atoms with E-state index >= 15 is 0 Å². The van der Waals surface area contributed by atoms with Crippen molar-refractivity contribution in [2.75, 3.05) is 12.3 Å². The maximum atomic E-state index is 12.2. The van der Waals surface area contributed by atoms with E-state index in [2.05, 4.69) is 4.98 Å². The highest BCUT2D eigenvalue weighted by molar-refractivity contribution is 5.92. The average Bonchev–Trinajstić information content (AvgIpc) is 2.84. The topological polar surface area (TPSA) is 126 Å². The van der Waals surface area contributed by atoms with Gasteiger partial charge in [-0.15, -0.1) is 0 Å². The Kier molecular flexibility index (Phi) is 5.98. The van der Waals surface area contributed by atoms with Gasteiger partial charge >= 0.3 is 11.7 Å². The third-order valence-electron chi connectivity index (χ3n) is 3.89. The Morgan fingerprint density at radius 2 is 1.96 bits per heavy atom. The number of nitrogen functional groups attached to an aromatic ring is 1. The van der Waals surface area contributed by atoms with Crippen LogP contribution in [0.4, 0.5) is 5.82 Å². The van der Waals surface area contributed by atoms with Gasteiger partial charge < -0.3 is 25.1 Å². The van der Waals surface area contributed by atoms with Crippen molar-refractivity contribution in [3.8, 4) is 0 Å². The molecule has 0 radical (unpaired) electrons. The molecule has 27 heavy (non-hydrogen) atoms. The fraction of sp³-hybridized carbons (Fsp3) is 0.722. The summed E-state index contributed by atoms with van der Waals surface area (Å²) in [5.74, 6) is -1.58. The normalized spacial score (nSPS) is 23.6. The predicted octanol–water partition coefficient (Wildman–Crippen LogP) is 1.81. The summed E-state index contributed by atoms with van der Waals surface area (Å²) in [6.07, 6.45) is 0.0737. The molecule has 1 aromatic rings. The number of anilines is 1. The monoisotopic (exact) mass is 383 g/mol. The number of rotatable bonds is 5. The lowest BCUT2D eigenvalue weighted by molar-refractivity contribution is -0.132. The fourth-order valence-corrected chi connectivity index (χ4v) is 2.78. The van der Waals surface area contributed by atoms with Crippen LogP contribution in [0.3, 0.4) is 0 Å². The van der Waals surface area contributed by atoms with Crippen molar-refractivity contribution < 1.29 is 24.1 Å². The molecule has 0 amide bonds. The van der Waals surface area contributed by atoms with Gasteiger partial charge in [0.1, 0.15) is 23.7 Å². The van der Waals surface area contributed by atoms with Gasteiger partial charge in [-0.05, 0) is 41.5 Å². The molecule has 3 atom stereocenters. The number of hydrogen-bond donors (Lipinski definition) is 2. The minimum atomic E-state index is -1.26. The lowest BCUT2D eigenvalue weighted by Gasteiger charge is -2.29. The van der Waals surface area contributed by atoms with Crippen molar-refractivity contribution in [1.29, 1.82) is 0 Å². The minimum Gasteiger partial charge on any atom is -0.478 e. The zero-order valence-corrected chi connectivity index (χ0v) is 16.7. The van der Waals surface area contributed by atoms with Crippen molar-refractivity contribution >= 4 is 11.8 Å². The molecular weight excluding hydrogens is 354 g/mol. The van der Waals surface area contributed by atoms with Crippen LogP contribution >= 0.6 is 0 Å². The van der Waals surface area contributed by atoms with Gasteiger partial charge in [0, 0.05) is 12.6 Å². The molecule has 2 heterocycles. The zero-order valence-electron chi connectivity index (χ0n) is 16.7. The van der Waals surface area contributed by atoms with Crippen molar-refractivity contribution in [2.45, 2.75) is 77.6 Å². The molecule has 9 heteroatoms. The van der Waals surface area contributed by atoms with E-state index in [1.807, 2.05) is 41.5 Å². The lowest BCUT2D eigenvalue weighted by Crippen LogP contribution is -2.37. The van der Waals surface area contributed by atoms with Crippen LogP contribution in [0.2, 0.25) is 0 Å². The maximum absolute atomic E-state index is 12.2. The van der Waals surface area contributed by atoms with E-state index in [0.29, 0.717) is 6.42 Å². The number of nitrogens with two attached hydrogens (primary N) is 1. The third-order valence-corrected chi connectivity index (χ3v) is 3.89. The highest BCUT2D eigenvalue weighted by atomic mass is 16.6. The summed E-state index contributed by atoms with van der Waals surface area (Å²) in [7, 11) is 0. The van der Waals surface area contributed by atoms with Crippen LogP contribution in [0.1, 0.15) is 64.5 Å². The van der Waals surface area contributed by atoms with Crippen LogP contribution < -0.4 is 11.4 Å². The number of carboxylic acid groups (broad SMARTS) is 1. The van der Waals surface area contributed by atoms with Gasteiger partial charge in [-0.3, -0.25) is 4.57 Å². The first kappa shape index (κ1) is 21.3. The van der Waals surface area contributed by atoms with E-state index in [0.717, 1.165) is 4.57 Å². The molecule has 0 bridgehead atoms. The molecule has 3 N–H and O–H groups in total.